The molecule has 0 saturated carbocycles. The van der Waals surface area contributed by atoms with Crippen molar-refractivity contribution in [3.05, 3.63) is 88.4 Å². The first-order valence-corrected chi connectivity index (χ1v) is 11.2. The van der Waals surface area contributed by atoms with Crippen molar-refractivity contribution in [2.75, 3.05) is 18.4 Å². The second-order valence-corrected chi connectivity index (χ2v) is 9.00. The number of carbonyl (C=O) groups excluding carboxylic acids is 2. The van der Waals surface area contributed by atoms with Crippen LogP contribution in [0, 0.1) is 0 Å². The number of anilines is 1. The molecular formula is C25H22BrN3O2. The minimum absolute atomic E-state index is 0.0286. The number of likely N-dealkylation sites (tertiary alicyclic amines) is 1. The summed E-state index contributed by atoms with van der Waals surface area (Å²) in [5.74, 6) is -0.0488. The molecule has 0 radical (unpaired) electrons. The third-order valence-corrected chi connectivity index (χ3v) is 6.59. The van der Waals surface area contributed by atoms with E-state index in [9.17, 15) is 9.59 Å². The highest BCUT2D eigenvalue weighted by Gasteiger charge is 2.41. The maximum absolute atomic E-state index is 13.0. The van der Waals surface area contributed by atoms with Crippen molar-refractivity contribution in [3.8, 4) is 11.1 Å². The maximum Gasteiger partial charge on any atom is 0.255 e. The lowest BCUT2D eigenvalue weighted by molar-refractivity contribution is 0.0639. The van der Waals surface area contributed by atoms with Crippen LogP contribution >= 0.6 is 15.9 Å². The van der Waals surface area contributed by atoms with Crippen LogP contribution in [0.25, 0.3) is 11.1 Å². The van der Waals surface area contributed by atoms with Crippen molar-refractivity contribution in [1.29, 1.82) is 0 Å². The van der Waals surface area contributed by atoms with E-state index in [1.165, 1.54) is 0 Å². The van der Waals surface area contributed by atoms with Crippen molar-refractivity contribution in [2.24, 2.45) is 0 Å². The van der Waals surface area contributed by atoms with E-state index in [2.05, 4.69) is 38.7 Å². The average molecular weight is 476 g/mol. The molecule has 5 rings (SSSR count). The zero-order chi connectivity index (χ0) is 21.4. The number of hydrogen-bond acceptors (Lipinski definition) is 3. The van der Waals surface area contributed by atoms with Gasteiger partial charge in [-0.1, -0.05) is 58.4 Å². The number of benzene rings is 3. The molecule has 3 aromatic rings. The lowest BCUT2D eigenvalue weighted by Gasteiger charge is -2.46. The van der Waals surface area contributed by atoms with Crippen LogP contribution in [0.3, 0.4) is 0 Å². The fourth-order valence-corrected chi connectivity index (χ4v) is 4.71. The molecule has 1 fully saturated rings. The van der Waals surface area contributed by atoms with Crippen molar-refractivity contribution >= 4 is 33.4 Å². The van der Waals surface area contributed by atoms with Crippen LogP contribution in [0.1, 0.15) is 33.6 Å². The number of carbonyl (C=O) groups is 2. The third kappa shape index (κ3) is 3.83. The number of rotatable bonds is 2. The number of halogens is 1. The van der Waals surface area contributed by atoms with Crippen LogP contribution < -0.4 is 10.6 Å². The van der Waals surface area contributed by atoms with E-state index in [1.807, 2.05) is 65.6 Å². The SMILES string of the molecule is O=C1NC2(CCN(C(=O)c3ccc(-c4ccccc4)cc3)CC2)Nc2ccc(Br)cc21. The Hall–Kier alpha value is -3.12. The quantitative estimate of drug-likeness (QED) is 0.553. The van der Waals surface area contributed by atoms with Gasteiger partial charge in [0.25, 0.3) is 11.8 Å². The molecule has 2 N–H and O–H groups in total. The minimum atomic E-state index is -0.508. The van der Waals surface area contributed by atoms with E-state index in [4.69, 9.17) is 0 Å². The van der Waals surface area contributed by atoms with E-state index >= 15 is 0 Å². The van der Waals surface area contributed by atoms with E-state index in [1.54, 1.807) is 0 Å². The van der Waals surface area contributed by atoms with E-state index in [-0.39, 0.29) is 11.8 Å². The van der Waals surface area contributed by atoms with Crippen LogP contribution in [0.4, 0.5) is 5.69 Å². The molecule has 156 valence electrons. The second kappa shape index (κ2) is 7.85. The first-order valence-electron chi connectivity index (χ1n) is 10.4. The fourth-order valence-electron chi connectivity index (χ4n) is 4.35. The number of piperidine rings is 1. The molecule has 2 aliphatic rings. The van der Waals surface area contributed by atoms with Gasteiger partial charge in [-0.3, -0.25) is 9.59 Å². The molecule has 1 saturated heterocycles. The van der Waals surface area contributed by atoms with Crippen molar-refractivity contribution < 1.29 is 9.59 Å². The number of nitrogens with one attached hydrogen (secondary N) is 2. The van der Waals surface area contributed by atoms with Crippen LogP contribution in [0.5, 0.6) is 0 Å². The Bertz CT molecular complexity index is 1140. The van der Waals surface area contributed by atoms with Crippen molar-refractivity contribution in [2.45, 2.75) is 18.5 Å². The smallest absolute Gasteiger partial charge is 0.255 e. The molecule has 0 unspecified atom stereocenters. The molecule has 31 heavy (non-hydrogen) atoms. The summed E-state index contributed by atoms with van der Waals surface area (Å²) >= 11 is 3.42. The standard InChI is InChI=1S/C25H22BrN3O2/c26-20-10-11-22-21(16-20)23(30)28-25(27-22)12-14-29(15-13-25)24(31)19-8-6-18(7-9-19)17-4-2-1-3-5-17/h1-11,16,27H,12-15H2,(H,28,30). The van der Waals surface area contributed by atoms with Gasteiger partial charge in [-0.15, -0.1) is 0 Å². The lowest BCUT2D eigenvalue weighted by Crippen LogP contribution is -2.62. The minimum Gasteiger partial charge on any atom is -0.362 e. The van der Waals surface area contributed by atoms with Gasteiger partial charge in [-0.2, -0.15) is 0 Å². The van der Waals surface area contributed by atoms with Gasteiger partial charge in [0.2, 0.25) is 0 Å². The zero-order valence-corrected chi connectivity index (χ0v) is 18.5. The third-order valence-electron chi connectivity index (χ3n) is 6.10. The van der Waals surface area contributed by atoms with Crippen LogP contribution in [-0.4, -0.2) is 35.5 Å². The lowest BCUT2D eigenvalue weighted by atomic mass is 9.92. The van der Waals surface area contributed by atoms with E-state index in [0.29, 0.717) is 37.1 Å². The Morgan fingerprint density at radius 2 is 1.55 bits per heavy atom. The van der Waals surface area contributed by atoms with Gasteiger partial charge in [-0.25, -0.2) is 0 Å². The van der Waals surface area contributed by atoms with Gasteiger partial charge < -0.3 is 15.5 Å². The van der Waals surface area contributed by atoms with Gasteiger partial charge >= 0.3 is 0 Å². The van der Waals surface area contributed by atoms with Gasteiger partial charge in [0.15, 0.2) is 0 Å². The topological polar surface area (TPSA) is 61.4 Å². The molecule has 3 aromatic carbocycles. The summed E-state index contributed by atoms with van der Waals surface area (Å²) in [5, 5.41) is 6.64. The fraction of sp³-hybridized carbons (Fsp3) is 0.200. The molecule has 2 heterocycles. The Morgan fingerprint density at radius 1 is 0.871 bits per heavy atom. The molecule has 0 aliphatic carbocycles. The summed E-state index contributed by atoms with van der Waals surface area (Å²) in [6.45, 7) is 1.16. The van der Waals surface area contributed by atoms with Crippen LogP contribution in [-0.2, 0) is 0 Å². The first-order chi connectivity index (χ1) is 15.0. The summed E-state index contributed by atoms with van der Waals surface area (Å²) in [6.07, 6.45) is 1.31. The summed E-state index contributed by atoms with van der Waals surface area (Å²) < 4.78 is 0.873. The van der Waals surface area contributed by atoms with Gasteiger partial charge in [0.05, 0.1) is 5.56 Å². The molecule has 5 nitrogen and oxygen atoms in total. The van der Waals surface area contributed by atoms with E-state index in [0.717, 1.165) is 21.3 Å². The van der Waals surface area contributed by atoms with Crippen LogP contribution in [0.2, 0.25) is 0 Å². The Morgan fingerprint density at radius 3 is 2.26 bits per heavy atom. The Balaban J connectivity index is 1.27. The van der Waals surface area contributed by atoms with Gasteiger partial charge in [-0.05, 0) is 41.5 Å². The second-order valence-electron chi connectivity index (χ2n) is 8.09. The molecule has 0 atom stereocenters. The van der Waals surface area contributed by atoms with Crippen LogP contribution in [0.15, 0.2) is 77.3 Å². The number of amides is 2. The van der Waals surface area contributed by atoms with Crippen molar-refractivity contribution in [1.82, 2.24) is 10.2 Å². The summed E-state index contributed by atoms with van der Waals surface area (Å²) in [5.41, 5.74) is 3.87. The van der Waals surface area contributed by atoms with Gasteiger partial charge in [0.1, 0.15) is 5.66 Å². The highest BCUT2D eigenvalue weighted by molar-refractivity contribution is 9.10. The molecule has 0 bridgehead atoms. The highest BCUT2D eigenvalue weighted by atomic mass is 79.9. The Kier molecular flexibility index (Phi) is 5.02. The number of nitrogens with zero attached hydrogens (tertiary/aromatic N) is 1. The molecule has 1 spiro atoms. The summed E-state index contributed by atoms with van der Waals surface area (Å²) in [7, 11) is 0. The highest BCUT2D eigenvalue weighted by Crippen LogP contribution is 2.33. The maximum atomic E-state index is 13.0. The van der Waals surface area contributed by atoms with E-state index < -0.39 is 5.66 Å². The summed E-state index contributed by atoms with van der Waals surface area (Å²) in [4.78, 5) is 27.5. The monoisotopic (exact) mass is 475 g/mol. The van der Waals surface area contributed by atoms with Crippen molar-refractivity contribution in [3.63, 3.8) is 0 Å². The molecule has 0 aromatic heterocycles. The predicted molar refractivity (Wildman–Crippen MR) is 125 cm³/mol. The Labute approximate surface area is 189 Å². The molecular weight excluding hydrogens is 454 g/mol. The van der Waals surface area contributed by atoms with Gasteiger partial charge in [0, 0.05) is 41.7 Å². The molecule has 6 heteroatoms. The normalized spacial score (nSPS) is 16.9. The largest absolute Gasteiger partial charge is 0.362 e. The molecule has 2 amide bonds. The number of fused-ring (bicyclic) bond motifs is 1. The summed E-state index contributed by atoms with van der Waals surface area (Å²) in [6, 6.07) is 23.6. The zero-order valence-electron chi connectivity index (χ0n) is 16.9. The average Bonchev–Trinajstić information content (AvgIpc) is 2.80. The first kappa shape index (κ1) is 19.8. The number of hydrogen-bond donors (Lipinski definition) is 2. The molecule has 2 aliphatic heterocycles. The predicted octanol–water partition coefficient (Wildman–Crippen LogP) is 4.90.